The highest BCUT2D eigenvalue weighted by Gasteiger charge is 2.17. The van der Waals surface area contributed by atoms with E-state index in [2.05, 4.69) is 36.3 Å². The first-order valence-corrected chi connectivity index (χ1v) is 9.80. The number of hydrogen-bond donors (Lipinski definition) is 2. The Morgan fingerprint density at radius 3 is 2.46 bits per heavy atom. The van der Waals surface area contributed by atoms with E-state index in [4.69, 9.17) is 11.6 Å². The summed E-state index contributed by atoms with van der Waals surface area (Å²) in [6, 6.07) is 3.15. The van der Waals surface area contributed by atoms with E-state index in [1.165, 1.54) is 6.07 Å². The highest BCUT2D eigenvalue weighted by Crippen LogP contribution is 2.34. The van der Waals surface area contributed by atoms with Crippen LogP contribution in [0.1, 0.15) is 12.8 Å². The molecule has 1 aromatic carbocycles. The normalized spacial score (nSPS) is 11.5. The van der Waals surface area contributed by atoms with Crippen LogP contribution in [0.2, 0.25) is 5.02 Å². The van der Waals surface area contributed by atoms with Gasteiger partial charge in [-0.05, 0) is 6.07 Å². The molecule has 0 fully saturated rings. The van der Waals surface area contributed by atoms with Gasteiger partial charge >= 0.3 is 0 Å². The number of quaternary nitrogens is 1. The van der Waals surface area contributed by atoms with E-state index in [9.17, 15) is 10.1 Å². The number of nitro benzene ring substituents is 1. The Balaban J connectivity index is 1.96. The van der Waals surface area contributed by atoms with Crippen LogP contribution in [0.25, 0.3) is 0 Å². The predicted octanol–water partition coefficient (Wildman–Crippen LogP) is 2.88. The maximum atomic E-state index is 11.4. The number of aromatic nitrogens is 2. The van der Waals surface area contributed by atoms with Crippen LogP contribution in [-0.4, -0.2) is 54.8 Å². The zero-order valence-electron chi connectivity index (χ0n) is 17.1. The number of imidazole rings is 1. The molecule has 0 atom stereocenters. The van der Waals surface area contributed by atoms with Gasteiger partial charge in [-0.1, -0.05) is 11.6 Å². The van der Waals surface area contributed by atoms with Crippen molar-refractivity contribution >= 4 is 28.7 Å². The summed E-state index contributed by atoms with van der Waals surface area (Å²) >= 11 is 6.25. The second-order valence-corrected chi connectivity index (χ2v) is 8.41. The molecule has 8 nitrogen and oxygen atoms in total. The molecule has 2 aromatic rings. The minimum Gasteiger partial charge on any atom is -0.384 e. The monoisotopic (exact) mass is 410 g/mol. The molecule has 0 radical (unpaired) electrons. The zero-order valence-corrected chi connectivity index (χ0v) is 17.9. The molecule has 0 aliphatic heterocycles. The van der Waals surface area contributed by atoms with Gasteiger partial charge in [-0.2, -0.15) is 0 Å². The number of nitrogens with zero attached hydrogens (tertiary/aromatic N) is 4. The van der Waals surface area contributed by atoms with Crippen molar-refractivity contribution in [3.8, 4) is 0 Å². The first-order valence-electron chi connectivity index (χ1n) is 9.43. The Bertz CT molecular complexity index is 800. The quantitative estimate of drug-likeness (QED) is 0.196. The molecule has 0 unspecified atom stereocenters. The van der Waals surface area contributed by atoms with Crippen molar-refractivity contribution in [1.29, 1.82) is 0 Å². The van der Waals surface area contributed by atoms with Crippen LogP contribution in [0.4, 0.5) is 17.1 Å². The maximum Gasteiger partial charge on any atom is 0.293 e. The lowest BCUT2D eigenvalue weighted by Gasteiger charge is -2.24. The molecule has 28 heavy (non-hydrogen) atoms. The van der Waals surface area contributed by atoms with Crippen LogP contribution in [0, 0.1) is 10.1 Å². The molecule has 9 heteroatoms. The molecular weight excluding hydrogens is 380 g/mol. The zero-order chi connectivity index (χ0) is 20.7. The van der Waals surface area contributed by atoms with Crippen molar-refractivity contribution in [2.75, 3.05) is 51.4 Å². The van der Waals surface area contributed by atoms with E-state index < -0.39 is 4.92 Å². The van der Waals surface area contributed by atoms with Crippen molar-refractivity contribution in [1.82, 2.24) is 4.57 Å². The molecule has 0 amide bonds. The molecular formula is C19H31ClN6O2+2. The van der Waals surface area contributed by atoms with Crippen LogP contribution < -0.4 is 15.2 Å². The lowest BCUT2D eigenvalue weighted by molar-refractivity contribution is -0.870. The number of benzene rings is 1. The minimum absolute atomic E-state index is 0.00530. The van der Waals surface area contributed by atoms with Gasteiger partial charge in [0.25, 0.3) is 5.69 Å². The fourth-order valence-corrected chi connectivity index (χ4v) is 3.11. The fourth-order valence-electron chi connectivity index (χ4n) is 2.89. The summed E-state index contributed by atoms with van der Waals surface area (Å²) < 4.78 is 4.95. The van der Waals surface area contributed by atoms with Gasteiger partial charge in [-0.3, -0.25) is 10.1 Å². The Morgan fingerprint density at radius 1 is 1.18 bits per heavy atom. The minimum atomic E-state index is -0.402. The topological polar surface area (TPSA) is 76.0 Å². The Hall–Kier alpha value is -2.32. The van der Waals surface area contributed by atoms with Crippen molar-refractivity contribution in [2.45, 2.75) is 19.4 Å². The number of nitrogens with one attached hydrogen (secondary N) is 2. The third-order valence-corrected chi connectivity index (χ3v) is 4.65. The van der Waals surface area contributed by atoms with Crippen molar-refractivity contribution in [3.05, 3.63) is 46.0 Å². The lowest BCUT2D eigenvalue weighted by Crippen LogP contribution is -2.36. The highest BCUT2D eigenvalue weighted by molar-refractivity contribution is 6.33. The van der Waals surface area contributed by atoms with Crippen molar-refractivity contribution in [3.63, 3.8) is 0 Å². The third-order valence-electron chi connectivity index (χ3n) is 4.34. The molecule has 1 aromatic heterocycles. The second kappa shape index (κ2) is 9.75. The molecule has 0 saturated carbocycles. The number of aryl methyl sites for hydroxylation is 2. The molecule has 2 N–H and O–H groups in total. The van der Waals surface area contributed by atoms with Crippen LogP contribution in [-0.2, 0) is 13.6 Å². The molecule has 1 heterocycles. The van der Waals surface area contributed by atoms with Gasteiger partial charge in [0.2, 0.25) is 6.33 Å². The first-order chi connectivity index (χ1) is 13.2. The first kappa shape index (κ1) is 22.0. The Kier molecular flexibility index (Phi) is 7.65. The highest BCUT2D eigenvalue weighted by atomic mass is 35.5. The second-order valence-electron chi connectivity index (χ2n) is 8.00. The van der Waals surface area contributed by atoms with Crippen LogP contribution in [0.3, 0.4) is 0 Å². The van der Waals surface area contributed by atoms with E-state index in [-0.39, 0.29) is 5.69 Å². The SMILES string of the molecule is C[n+]1ccn(CCCNc2cc(NCCC[N+](C)(C)C)c(Cl)cc2[N+](=O)[O-])c1. The van der Waals surface area contributed by atoms with Gasteiger partial charge in [0.1, 0.15) is 18.1 Å². The van der Waals surface area contributed by atoms with Crippen LogP contribution >= 0.6 is 11.6 Å². The Morgan fingerprint density at radius 2 is 1.86 bits per heavy atom. The Labute approximate surface area is 171 Å². The summed E-state index contributed by atoms with van der Waals surface area (Å²) in [5.41, 5.74) is 1.20. The number of hydrogen-bond acceptors (Lipinski definition) is 4. The van der Waals surface area contributed by atoms with E-state index in [0.717, 1.165) is 37.0 Å². The van der Waals surface area contributed by atoms with E-state index >= 15 is 0 Å². The lowest BCUT2D eigenvalue weighted by atomic mass is 10.2. The van der Waals surface area contributed by atoms with Gasteiger partial charge in [0.05, 0.1) is 56.9 Å². The van der Waals surface area contributed by atoms with Gasteiger partial charge in [0.15, 0.2) is 0 Å². The number of nitro groups is 1. The summed E-state index contributed by atoms with van der Waals surface area (Å²) in [6.45, 7) is 3.26. The molecule has 0 aliphatic rings. The summed E-state index contributed by atoms with van der Waals surface area (Å²) in [7, 11) is 8.42. The van der Waals surface area contributed by atoms with Gasteiger partial charge in [0, 0.05) is 32.0 Å². The van der Waals surface area contributed by atoms with Crippen LogP contribution in [0.15, 0.2) is 30.9 Å². The average molecular weight is 411 g/mol. The molecule has 0 aliphatic carbocycles. The van der Waals surface area contributed by atoms with E-state index in [1.807, 2.05) is 30.3 Å². The van der Waals surface area contributed by atoms with Crippen molar-refractivity contribution < 1.29 is 14.0 Å². The summed E-state index contributed by atoms with van der Waals surface area (Å²) in [5.74, 6) is 0. The average Bonchev–Trinajstić information content (AvgIpc) is 3.01. The third kappa shape index (κ3) is 7.01. The summed E-state index contributed by atoms with van der Waals surface area (Å²) in [4.78, 5) is 11.0. The fraction of sp³-hybridized carbons (Fsp3) is 0.526. The predicted molar refractivity (Wildman–Crippen MR) is 113 cm³/mol. The smallest absolute Gasteiger partial charge is 0.293 e. The molecule has 0 bridgehead atoms. The van der Waals surface area contributed by atoms with Gasteiger partial charge < -0.3 is 15.1 Å². The molecule has 154 valence electrons. The van der Waals surface area contributed by atoms with Crippen molar-refractivity contribution in [2.24, 2.45) is 7.05 Å². The van der Waals surface area contributed by atoms with Gasteiger partial charge in [-0.15, -0.1) is 0 Å². The van der Waals surface area contributed by atoms with Gasteiger partial charge in [-0.25, -0.2) is 9.13 Å². The summed E-state index contributed by atoms with van der Waals surface area (Å²) in [6.07, 6.45) is 7.81. The number of halogens is 1. The largest absolute Gasteiger partial charge is 0.384 e. The molecule has 2 rings (SSSR count). The standard InChI is InChI=1S/C19H31ClN6O2/c1-23-10-11-24(15-23)9-5-7-22-18-14-17(16(20)13-19(18)25(27)28)21-8-6-12-26(2,3)4/h10-11,13-15,21-22H,5-9,12H2,1-4H3/q+2. The number of rotatable bonds is 11. The maximum absolute atomic E-state index is 11.4. The van der Waals surface area contributed by atoms with E-state index in [0.29, 0.717) is 22.9 Å². The van der Waals surface area contributed by atoms with Crippen LogP contribution in [0.5, 0.6) is 0 Å². The summed E-state index contributed by atoms with van der Waals surface area (Å²) in [5, 5.41) is 18.2. The van der Waals surface area contributed by atoms with E-state index in [1.54, 1.807) is 6.07 Å². The number of anilines is 2. The molecule has 0 spiro atoms. The molecule has 0 saturated heterocycles.